The largest absolute Gasteiger partial charge is 0.497 e. The van der Waals surface area contributed by atoms with E-state index in [2.05, 4.69) is 0 Å². The molecule has 0 saturated heterocycles. The molecule has 5 nitrogen and oxygen atoms in total. The molecule has 0 radical (unpaired) electrons. The predicted octanol–water partition coefficient (Wildman–Crippen LogP) is 1.32. The Balaban J connectivity index is 1.98. The standard InChI is InChI=1S/C17H19NO4S/c1-22-13-9-7-12(8-10-13)15-16(17(15,18)11-19)23(20,21)14-5-3-2-4-6-14/h2-10,15-16,19H,11,18H2,1H3/t15-,16-,17-/m1/s1. The monoisotopic (exact) mass is 333 g/mol. The van der Waals surface area contributed by atoms with Gasteiger partial charge in [-0.3, -0.25) is 0 Å². The summed E-state index contributed by atoms with van der Waals surface area (Å²) in [6, 6.07) is 15.3. The van der Waals surface area contributed by atoms with Crippen molar-refractivity contribution in [1.29, 1.82) is 0 Å². The summed E-state index contributed by atoms with van der Waals surface area (Å²) in [5.41, 5.74) is 5.82. The van der Waals surface area contributed by atoms with E-state index in [1.165, 1.54) is 0 Å². The summed E-state index contributed by atoms with van der Waals surface area (Å²) in [6.45, 7) is -0.388. The first-order valence-corrected chi connectivity index (χ1v) is 8.82. The molecule has 2 aromatic carbocycles. The van der Waals surface area contributed by atoms with Gasteiger partial charge in [-0.25, -0.2) is 8.42 Å². The van der Waals surface area contributed by atoms with E-state index in [0.717, 1.165) is 5.56 Å². The molecule has 0 bridgehead atoms. The Morgan fingerprint density at radius 3 is 2.26 bits per heavy atom. The smallest absolute Gasteiger partial charge is 0.183 e. The quantitative estimate of drug-likeness (QED) is 0.861. The highest BCUT2D eigenvalue weighted by Crippen LogP contribution is 2.55. The van der Waals surface area contributed by atoms with Crippen molar-refractivity contribution in [2.75, 3.05) is 13.7 Å². The summed E-state index contributed by atoms with van der Waals surface area (Å²) in [4.78, 5) is 0.226. The van der Waals surface area contributed by atoms with Crippen molar-refractivity contribution in [3.63, 3.8) is 0 Å². The van der Waals surface area contributed by atoms with Crippen molar-refractivity contribution < 1.29 is 18.3 Å². The molecule has 0 aromatic heterocycles. The molecule has 3 rings (SSSR count). The lowest BCUT2D eigenvalue weighted by Crippen LogP contribution is -2.35. The molecule has 2 aromatic rings. The molecule has 1 fully saturated rings. The number of methoxy groups -OCH3 is 1. The minimum absolute atomic E-state index is 0.226. The summed E-state index contributed by atoms with van der Waals surface area (Å²) in [5, 5.41) is 8.83. The molecule has 23 heavy (non-hydrogen) atoms. The number of rotatable bonds is 5. The minimum Gasteiger partial charge on any atom is -0.497 e. The maximum atomic E-state index is 12.9. The second-order valence-corrected chi connectivity index (χ2v) is 7.87. The van der Waals surface area contributed by atoms with Gasteiger partial charge in [0.2, 0.25) is 0 Å². The van der Waals surface area contributed by atoms with Crippen LogP contribution in [0.3, 0.4) is 0 Å². The lowest BCUT2D eigenvalue weighted by atomic mass is 10.1. The Kier molecular flexibility index (Phi) is 3.91. The van der Waals surface area contributed by atoms with Gasteiger partial charge in [-0.05, 0) is 29.8 Å². The summed E-state index contributed by atoms with van der Waals surface area (Å²) in [7, 11) is -2.05. The molecule has 0 amide bonds. The van der Waals surface area contributed by atoms with Crippen molar-refractivity contribution in [3.05, 3.63) is 60.2 Å². The predicted molar refractivity (Wildman–Crippen MR) is 87.2 cm³/mol. The fourth-order valence-corrected chi connectivity index (χ4v) is 5.45. The van der Waals surface area contributed by atoms with Gasteiger partial charge in [-0.2, -0.15) is 0 Å². The normalized spacial score (nSPS) is 26.7. The van der Waals surface area contributed by atoms with Crippen LogP contribution in [0, 0.1) is 0 Å². The van der Waals surface area contributed by atoms with Crippen LogP contribution < -0.4 is 10.5 Å². The number of sulfone groups is 1. The number of nitrogens with two attached hydrogens (primary N) is 1. The summed E-state index contributed by atoms with van der Waals surface area (Å²) in [5.74, 6) is 0.243. The Morgan fingerprint density at radius 2 is 1.74 bits per heavy atom. The van der Waals surface area contributed by atoms with Crippen molar-refractivity contribution >= 4 is 9.84 Å². The average molecular weight is 333 g/mol. The lowest BCUT2D eigenvalue weighted by molar-refractivity contribution is 0.253. The van der Waals surface area contributed by atoms with Gasteiger partial charge >= 0.3 is 0 Å². The van der Waals surface area contributed by atoms with Gasteiger partial charge in [0.25, 0.3) is 0 Å². The second kappa shape index (κ2) is 5.63. The summed E-state index contributed by atoms with van der Waals surface area (Å²) < 4.78 is 30.8. The van der Waals surface area contributed by atoms with E-state index in [1.54, 1.807) is 61.7 Å². The third-order valence-electron chi connectivity index (χ3n) is 4.46. The van der Waals surface area contributed by atoms with E-state index >= 15 is 0 Å². The molecule has 0 aliphatic heterocycles. The first-order chi connectivity index (χ1) is 10.9. The molecule has 0 unspecified atom stereocenters. The van der Waals surface area contributed by atoms with Crippen LogP contribution in [0.15, 0.2) is 59.5 Å². The minimum atomic E-state index is -3.61. The highest BCUT2D eigenvalue weighted by atomic mass is 32.2. The van der Waals surface area contributed by atoms with Crippen LogP contribution in [-0.4, -0.2) is 38.0 Å². The Hall–Kier alpha value is -1.89. The SMILES string of the molecule is COc1ccc([C@@H]2[C@@H](S(=O)(=O)c3ccccc3)[C@@]2(N)CO)cc1. The fraction of sp³-hybridized carbons (Fsp3) is 0.294. The van der Waals surface area contributed by atoms with Crippen LogP contribution in [0.1, 0.15) is 11.5 Å². The number of ether oxygens (including phenoxy) is 1. The molecule has 122 valence electrons. The van der Waals surface area contributed by atoms with E-state index in [4.69, 9.17) is 10.5 Å². The highest BCUT2D eigenvalue weighted by molar-refractivity contribution is 7.92. The van der Waals surface area contributed by atoms with E-state index < -0.39 is 26.5 Å². The van der Waals surface area contributed by atoms with E-state index in [0.29, 0.717) is 5.75 Å². The molecule has 0 spiro atoms. The highest BCUT2D eigenvalue weighted by Gasteiger charge is 2.69. The zero-order valence-electron chi connectivity index (χ0n) is 12.7. The number of hydrogen-bond donors (Lipinski definition) is 2. The Bertz CT molecular complexity index is 789. The Morgan fingerprint density at radius 1 is 1.13 bits per heavy atom. The number of aliphatic hydroxyl groups is 1. The molecule has 1 aliphatic carbocycles. The van der Waals surface area contributed by atoms with Crippen molar-refractivity contribution in [2.24, 2.45) is 5.73 Å². The second-order valence-electron chi connectivity index (χ2n) is 5.80. The van der Waals surface area contributed by atoms with Crippen LogP contribution in [-0.2, 0) is 9.84 Å². The number of aliphatic hydroxyl groups excluding tert-OH is 1. The summed E-state index contributed by atoms with van der Waals surface area (Å²) >= 11 is 0. The zero-order valence-corrected chi connectivity index (χ0v) is 13.5. The third kappa shape index (κ3) is 2.52. The van der Waals surface area contributed by atoms with Gasteiger partial charge in [0.05, 0.1) is 29.4 Å². The molecular formula is C17H19NO4S. The maximum absolute atomic E-state index is 12.9. The van der Waals surface area contributed by atoms with Gasteiger partial charge in [-0.1, -0.05) is 30.3 Å². The van der Waals surface area contributed by atoms with E-state index in [-0.39, 0.29) is 11.5 Å². The van der Waals surface area contributed by atoms with Crippen molar-refractivity contribution in [1.82, 2.24) is 0 Å². The molecular weight excluding hydrogens is 314 g/mol. The van der Waals surface area contributed by atoms with Crippen LogP contribution in [0.25, 0.3) is 0 Å². The molecule has 3 atom stereocenters. The van der Waals surface area contributed by atoms with Crippen molar-refractivity contribution in [3.8, 4) is 5.75 Å². The topological polar surface area (TPSA) is 89.6 Å². The zero-order chi connectivity index (χ0) is 16.7. The van der Waals surface area contributed by atoms with Gasteiger partial charge in [0.15, 0.2) is 9.84 Å². The molecule has 1 aliphatic rings. The van der Waals surface area contributed by atoms with Crippen LogP contribution in [0.5, 0.6) is 5.75 Å². The van der Waals surface area contributed by atoms with Crippen molar-refractivity contribution in [2.45, 2.75) is 21.6 Å². The van der Waals surface area contributed by atoms with Gasteiger partial charge in [-0.15, -0.1) is 0 Å². The first-order valence-electron chi connectivity index (χ1n) is 7.28. The van der Waals surface area contributed by atoms with Crippen LogP contribution in [0.4, 0.5) is 0 Å². The van der Waals surface area contributed by atoms with E-state index in [9.17, 15) is 13.5 Å². The fourth-order valence-electron chi connectivity index (χ4n) is 3.13. The maximum Gasteiger partial charge on any atom is 0.183 e. The van der Waals surface area contributed by atoms with Crippen LogP contribution in [0.2, 0.25) is 0 Å². The third-order valence-corrected chi connectivity index (χ3v) is 6.77. The van der Waals surface area contributed by atoms with E-state index in [1.807, 2.05) is 0 Å². The number of hydrogen-bond acceptors (Lipinski definition) is 5. The molecule has 1 saturated carbocycles. The molecule has 6 heteroatoms. The average Bonchev–Trinajstić information content (AvgIpc) is 3.23. The summed E-state index contributed by atoms with van der Waals surface area (Å²) in [6.07, 6.45) is 0. The Labute approximate surface area is 135 Å². The van der Waals surface area contributed by atoms with Gasteiger partial charge in [0.1, 0.15) is 5.75 Å². The van der Waals surface area contributed by atoms with Crippen LogP contribution >= 0.6 is 0 Å². The number of benzene rings is 2. The first kappa shape index (κ1) is 16.0. The molecule has 0 heterocycles. The van der Waals surface area contributed by atoms with Gasteiger partial charge in [0, 0.05) is 5.92 Å². The van der Waals surface area contributed by atoms with Gasteiger partial charge < -0.3 is 15.6 Å². The molecule has 3 N–H and O–H groups in total. The lowest BCUT2D eigenvalue weighted by Gasteiger charge is -2.08.